The lowest BCUT2D eigenvalue weighted by atomic mass is 10.3. The van der Waals surface area contributed by atoms with Crippen molar-refractivity contribution in [3.63, 3.8) is 0 Å². The summed E-state index contributed by atoms with van der Waals surface area (Å²) in [7, 11) is 1.76. The number of ether oxygens (including phenoxy) is 1. The molecule has 6 nitrogen and oxygen atoms in total. The number of aliphatic imine (C=N–C) groups is 1. The molecule has 2 aromatic rings. The summed E-state index contributed by atoms with van der Waals surface area (Å²) in [5.41, 5.74) is 2.08. The van der Waals surface area contributed by atoms with Crippen LogP contribution in [0.15, 0.2) is 29.3 Å². The highest BCUT2D eigenvalue weighted by Gasteiger charge is 2.02. The van der Waals surface area contributed by atoms with E-state index in [1.54, 1.807) is 7.05 Å². The van der Waals surface area contributed by atoms with Gasteiger partial charge < -0.3 is 20.4 Å². The summed E-state index contributed by atoms with van der Waals surface area (Å²) in [6, 6.07) is 8.05. The fraction of sp³-hybridized carbons (Fsp3) is 0.467. The largest absolute Gasteiger partial charge is 0.380 e. The van der Waals surface area contributed by atoms with Gasteiger partial charge in [-0.25, -0.2) is 4.98 Å². The van der Waals surface area contributed by atoms with Crippen molar-refractivity contribution in [3.05, 3.63) is 30.1 Å². The number of hydrogen-bond acceptors (Lipinski definition) is 3. The maximum absolute atomic E-state index is 5.28. The molecule has 7 heteroatoms. The Balaban J connectivity index is 0.00000242. The minimum Gasteiger partial charge on any atom is -0.380 e. The Bertz CT molecular complexity index is 551. The zero-order valence-corrected chi connectivity index (χ0v) is 15.4. The Morgan fingerprint density at radius 1 is 1.27 bits per heavy atom. The number of nitrogens with zero attached hydrogens (tertiary/aromatic N) is 2. The zero-order chi connectivity index (χ0) is 14.9. The highest BCUT2D eigenvalue weighted by atomic mass is 127. The van der Waals surface area contributed by atoms with Crippen molar-refractivity contribution in [2.75, 3.05) is 33.4 Å². The van der Waals surface area contributed by atoms with Crippen LogP contribution in [0.2, 0.25) is 0 Å². The lowest BCUT2D eigenvalue weighted by molar-refractivity contribution is 0.152. The van der Waals surface area contributed by atoms with E-state index in [9.17, 15) is 0 Å². The molecule has 0 atom stereocenters. The van der Waals surface area contributed by atoms with Gasteiger partial charge in [-0.2, -0.15) is 0 Å². The zero-order valence-electron chi connectivity index (χ0n) is 13.1. The minimum absolute atomic E-state index is 0. The van der Waals surface area contributed by atoms with Gasteiger partial charge >= 0.3 is 0 Å². The van der Waals surface area contributed by atoms with E-state index < -0.39 is 0 Å². The van der Waals surface area contributed by atoms with Crippen LogP contribution in [-0.2, 0) is 11.2 Å². The Hall–Kier alpha value is -1.35. The molecular weight excluding hydrogens is 393 g/mol. The quantitative estimate of drug-likeness (QED) is 0.279. The second kappa shape index (κ2) is 10.4. The van der Waals surface area contributed by atoms with Crippen LogP contribution in [0.1, 0.15) is 12.7 Å². The molecule has 0 unspecified atom stereocenters. The van der Waals surface area contributed by atoms with Crippen molar-refractivity contribution in [2.45, 2.75) is 13.3 Å². The number of aromatic nitrogens is 2. The van der Waals surface area contributed by atoms with Crippen LogP contribution >= 0.6 is 24.0 Å². The molecular formula is C15H24IN5O. The van der Waals surface area contributed by atoms with E-state index in [1.165, 1.54) is 0 Å². The fourth-order valence-corrected chi connectivity index (χ4v) is 2.03. The number of para-hydroxylation sites is 2. The minimum atomic E-state index is 0. The Morgan fingerprint density at radius 3 is 2.77 bits per heavy atom. The molecule has 1 aromatic carbocycles. The average molecular weight is 417 g/mol. The maximum atomic E-state index is 5.28. The second-order valence-electron chi connectivity index (χ2n) is 4.57. The summed E-state index contributed by atoms with van der Waals surface area (Å²) in [5, 5.41) is 6.46. The van der Waals surface area contributed by atoms with E-state index in [2.05, 4.69) is 25.6 Å². The van der Waals surface area contributed by atoms with Gasteiger partial charge in [0, 0.05) is 33.2 Å². The average Bonchev–Trinajstić information content (AvgIpc) is 2.92. The molecule has 2 rings (SSSR count). The first-order valence-corrected chi connectivity index (χ1v) is 7.29. The van der Waals surface area contributed by atoms with Gasteiger partial charge in [-0.15, -0.1) is 24.0 Å². The molecule has 0 amide bonds. The van der Waals surface area contributed by atoms with Crippen molar-refractivity contribution in [3.8, 4) is 0 Å². The number of halogens is 1. The first kappa shape index (κ1) is 18.7. The Kier molecular flexibility index (Phi) is 8.83. The van der Waals surface area contributed by atoms with E-state index in [-0.39, 0.29) is 24.0 Å². The number of imidazole rings is 1. The van der Waals surface area contributed by atoms with Crippen LogP contribution in [0.5, 0.6) is 0 Å². The van der Waals surface area contributed by atoms with Crippen LogP contribution in [0.25, 0.3) is 11.0 Å². The first-order chi connectivity index (χ1) is 10.3. The number of aromatic amines is 1. The number of hydrogen-bond donors (Lipinski definition) is 3. The lowest BCUT2D eigenvalue weighted by Crippen LogP contribution is -2.39. The van der Waals surface area contributed by atoms with Crippen molar-refractivity contribution < 1.29 is 4.74 Å². The molecule has 0 radical (unpaired) electrons. The Morgan fingerprint density at radius 2 is 2.05 bits per heavy atom. The lowest BCUT2D eigenvalue weighted by Gasteiger charge is -2.11. The van der Waals surface area contributed by atoms with Crippen LogP contribution < -0.4 is 10.6 Å². The number of guanidine groups is 1. The van der Waals surface area contributed by atoms with Crippen molar-refractivity contribution >= 4 is 41.0 Å². The molecule has 0 saturated heterocycles. The molecule has 0 aliphatic carbocycles. The molecule has 22 heavy (non-hydrogen) atoms. The molecule has 122 valence electrons. The molecule has 0 aliphatic heterocycles. The van der Waals surface area contributed by atoms with Gasteiger partial charge in [0.2, 0.25) is 0 Å². The molecule has 1 aromatic heterocycles. The molecule has 3 N–H and O–H groups in total. The van der Waals surface area contributed by atoms with E-state index in [1.807, 2.05) is 31.2 Å². The fourth-order valence-electron chi connectivity index (χ4n) is 2.03. The summed E-state index contributed by atoms with van der Waals surface area (Å²) >= 11 is 0. The predicted octanol–water partition coefficient (Wildman–Crippen LogP) is 1.92. The van der Waals surface area contributed by atoms with Crippen LogP contribution in [-0.4, -0.2) is 49.3 Å². The molecule has 0 aliphatic rings. The summed E-state index contributed by atoms with van der Waals surface area (Å²) in [5.74, 6) is 1.76. The summed E-state index contributed by atoms with van der Waals surface area (Å²) < 4.78 is 5.28. The Labute approximate surface area is 148 Å². The van der Waals surface area contributed by atoms with Crippen LogP contribution in [0.3, 0.4) is 0 Å². The summed E-state index contributed by atoms with van der Waals surface area (Å²) in [6.07, 6.45) is 0.820. The van der Waals surface area contributed by atoms with E-state index in [4.69, 9.17) is 4.74 Å². The smallest absolute Gasteiger partial charge is 0.191 e. The van der Waals surface area contributed by atoms with Gasteiger partial charge in [-0.3, -0.25) is 4.99 Å². The third-order valence-electron chi connectivity index (χ3n) is 3.06. The molecule has 1 heterocycles. The third kappa shape index (κ3) is 5.80. The number of rotatable bonds is 7. The van der Waals surface area contributed by atoms with Gasteiger partial charge in [-0.1, -0.05) is 12.1 Å². The van der Waals surface area contributed by atoms with Gasteiger partial charge in [0.25, 0.3) is 0 Å². The molecule has 0 spiro atoms. The normalized spacial score (nSPS) is 11.3. The van der Waals surface area contributed by atoms with Gasteiger partial charge in [-0.05, 0) is 19.1 Å². The SMILES string of the molecule is CCOCCNC(=NC)NCCc1nc2ccccc2[nH]1.I. The second-order valence-corrected chi connectivity index (χ2v) is 4.57. The van der Waals surface area contributed by atoms with Gasteiger partial charge in [0.1, 0.15) is 5.82 Å². The maximum Gasteiger partial charge on any atom is 0.191 e. The summed E-state index contributed by atoms with van der Waals surface area (Å²) in [6.45, 7) is 4.92. The highest BCUT2D eigenvalue weighted by Crippen LogP contribution is 2.10. The highest BCUT2D eigenvalue weighted by molar-refractivity contribution is 14.0. The number of benzene rings is 1. The third-order valence-corrected chi connectivity index (χ3v) is 3.06. The number of nitrogens with one attached hydrogen (secondary N) is 3. The monoisotopic (exact) mass is 417 g/mol. The van der Waals surface area contributed by atoms with Crippen molar-refractivity contribution in [1.82, 2.24) is 20.6 Å². The first-order valence-electron chi connectivity index (χ1n) is 7.29. The van der Waals surface area contributed by atoms with Crippen molar-refractivity contribution in [1.29, 1.82) is 0 Å². The van der Waals surface area contributed by atoms with Gasteiger partial charge in [0.15, 0.2) is 5.96 Å². The van der Waals surface area contributed by atoms with Crippen molar-refractivity contribution in [2.24, 2.45) is 4.99 Å². The van der Waals surface area contributed by atoms with Crippen LogP contribution in [0, 0.1) is 0 Å². The molecule has 0 bridgehead atoms. The van der Waals surface area contributed by atoms with E-state index >= 15 is 0 Å². The number of fused-ring (bicyclic) bond motifs is 1. The predicted molar refractivity (Wildman–Crippen MR) is 101 cm³/mol. The summed E-state index contributed by atoms with van der Waals surface area (Å²) in [4.78, 5) is 12.0. The van der Waals surface area contributed by atoms with Gasteiger partial charge in [0.05, 0.1) is 17.6 Å². The molecule has 0 fully saturated rings. The van der Waals surface area contributed by atoms with E-state index in [0.29, 0.717) is 6.61 Å². The standard InChI is InChI=1S/C15H23N5O.HI/c1-3-21-11-10-18-15(16-2)17-9-8-14-19-12-6-4-5-7-13(12)20-14;/h4-7H,3,8-11H2,1-2H3,(H,19,20)(H2,16,17,18);1H. The van der Waals surface area contributed by atoms with E-state index in [0.717, 1.165) is 48.9 Å². The van der Waals surface area contributed by atoms with Crippen LogP contribution in [0.4, 0.5) is 0 Å². The topological polar surface area (TPSA) is 74.3 Å². The number of H-pyrrole nitrogens is 1. The molecule has 0 saturated carbocycles.